The Morgan fingerprint density at radius 1 is 0.900 bits per heavy atom. The van der Waals surface area contributed by atoms with Crippen LogP contribution in [0.2, 0.25) is 0 Å². The number of carbonyl (C=O) groups is 2. The highest BCUT2D eigenvalue weighted by molar-refractivity contribution is 5.95. The van der Waals surface area contributed by atoms with Gasteiger partial charge in [0.15, 0.2) is 0 Å². The van der Waals surface area contributed by atoms with Crippen molar-refractivity contribution in [2.75, 3.05) is 11.4 Å². The Labute approximate surface area is 176 Å². The van der Waals surface area contributed by atoms with Gasteiger partial charge in [-0.1, -0.05) is 42.5 Å². The minimum atomic E-state index is -0.136. The molecule has 0 saturated carbocycles. The molecule has 1 fully saturated rings. The lowest BCUT2D eigenvalue weighted by Crippen LogP contribution is -2.24. The number of benzene rings is 3. The van der Waals surface area contributed by atoms with Crippen molar-refractivity contribution in [3.63, 3.8) is 0 Å². The molecule has 4 rings (SSSR count). The molecule has 3 aromatic rings. The average Bonchev–Trinajstić information content (AvgIpc) is 3.23. The Kier molecular flexibility index (Phi) is 6.09. The minimum Gasteiger partial charge on any atom is -0.489 e. The number of rotatable bonds is 7. The molecule has 0 aromatic heterocycles. The van der Waals surface area contributed by atoms with Crippen molar-refractivity contribution in [3.8, 4) is 5.75 Å². The van der Waals surface area contributed by atoms with Gasteiger partial charge < -0.3 is 15.0 Å². The molecule has 0 unspecified atom stereocenters. The highest BCUT2D eigenvalue weighted by Gasteiger charge is 2.21. The Morgan fingerprint density at radius 2 is 1.63 bits per heavy atom. The van der Waals surface area contributed by atoms with E-state index in [0.29, 0.717) is 25.1 Å². The van der Waals surface area contributed by atoms with Crippen LogP contribution < -0.4 is 15.0 Å². The minimum absolute atomic E-state index is 0.136. The molecule has 3 aromatic carbocycles. The summed E-state index contributed by atoms with van der Waals surface area (Å²) < 4.78 is 5.76. The number of hydrogen-bond donors (Lipinski definition) is 1. The van der Waals surface area contributed by atoms with E-state index in [-0.39, 0.29) is 11.8 Å². The van der Waals surface area contributed by atoms with E-state index in [2.05, 4.69) is 5.32 Å². The van der Waals surface area contributed by atoms with Crippen LogP contribution in [0.3, 0.4) is 0 Å². The molecule has 1 aliphatic heterocycles. The summed E-state index contributed by atoms with van der Waals surface area (Å²) in [4.78, 5) is 26.1. The first-order chi connectivity index (χ1) is 14.7. The molecule has 5 heteroatoms. The van der Waals surface area contributed by atoms with Gasteiger partial charge in [-0.05, 0) is 53.9 Å². The molecular weight excluding hydrogens is 376 g/mol. The van der Waals surface area contributed by atoms with Crippen molar-refractivity contribution < 1.29 is 14.3 Å². The lowest BCUT2D eigenvalue weighted by molar-refractivity contribution is -0.117. The lowest BCUT2D eigenvalue weighted by Gasteiger charge is -2.16. The average molecular weight is 400 g/mol. The summed E-state index contributed by atoms with van der Waals surface area (Å²) in [7, 11) is 0. The summed E-state index contributed by atoms with van der Waals surface area (Å²) in [6.07, 6.45) is 1.53. The molecule has 1 saturated heterocycles. The normalized spacial score (nSPS) is 13.3. The molecule has 152 valence electrons. The van der Waals surface area contributed by atoms with Gasteiger partial charge in [-0.25, -0.2) is 0 Å². The zero-order valence-electron chi connectivity index (χ0n) is 16.7. The monoisotopic (exact) mass is 400 g/mol. The molecule has 0 aliphatic carbocycles. The number of amides is 2. The van der Waals surface area contributed by atoms with Gasteiger partial charge in [0.25, 0.3) is 5.91 Å². The lowest BCUT2D eigenvalue weighted by atomic mass is 10.1. The zero-order valence-corrected chi connectivity index (χ0v) is 16.7. The van der Waals surface area contributed by atoms with Gasteiger partial charge >= 0.3 is 0 Å². The highest BCUT2D eigenvalue weighted by Crippen LogP contribution is 2.21. The van der Waals surface area contributed by atoms with E-state index < -0.39 is 0 Å². The SMILES string of the molecule is O=C(NCc1ccc(N2CCCC2=O)cc1)c1ccc(OCc2ccccc2)cc1. The summed E-state index contributed by atoms with van der Waals surface area (Å²) in [5.41, 5.74) is 3.58. The van der Waals surface area contributed by atoms with Crippen molar-refractivity contribution in [2.24, 2.45) is 0 Å². The first kappa shape index (κ1) is 19.7. The molecule has 1 N–H and O–H groups in total. The first-order valence-electron chi connectivity index (χ1n) is 10.1. The maximum absolute atomic E-state index is 12.4. The Balaban J connectivity index is 1.28. The predicted molar refractivity (Wildman–Crippen MR) is 116 cm³/mol. The molecule has 2 amide bonds. The summed E-state index contributed by atoms with van der Waals surface area (Å²) in [5.74, 6) is 0.762. The number of ether oxygens (including phenoxy) is 1. The fraction of sp³-hybridized carbons (Fsp3) is 0.200. The van der Waals surface area contributed by atoms with E-state index >= 15 is 0 Å². The summed E-state index contributed by atoms with van der Waals surface area (Å²) in [6, 6.07) is 24.8. The molecule has 30 heavy (non-hydrogen) atoms. The molecule has 1 heterocycles. The van der Waals surface area contributed by atoms with Crippen LogP contribution in [-0.4, -0.2) is 18.4 Å². The van der Waals surface area contributed by atoms with Crippen LogP contribution in [0, 0.1) is 0 Å². The van der Waals surface area contributed by atoms with E-state index in [4.69, 9.17) is 4.74 Å². The van der Waals surface area contributed by atoms with Crippen molar-refractivity contribution >= 4 is 17.5 Å². The topological polar surface area (TPSA) is 58.6 Å². The molecule has 5 nitrogen and oxygen atoms in total. The summed E-state index contributed by atoms with van der Waals surface area (Å²) in [6.45, 7) is 1.70. The van der Waals surface area contributed by atoms with Crippen LogP contribution in [0.4, 0.5) is 5.69 Å². The van der Waals surface area contributed by atoms with Gasteiger partial charge in [0.2, 0.25) is 5.91 Å². The Bertz CT molecular complexity index is 999. The third-order valence-electron chi connectivity index (χ3n) is 5.14. The number of nitrogens with one attached hydrogen (secondary N) is 1. The van der Waals surface area contributed by atoms with E-state index in [1.54, 1.807) is 24.3 Å². The fourth-order valence-electron chi connectivity index (χ4n) is 3.44. The molecule has 0 radical (unpaired) electrons. The van der Waals surface area contributed by atoms with Gasteiger partial charge in [0.05, 0.1) is 0 Å². The van der Waals surface area contributed by atoms with Gasteiger partial charge in [-0.3, -0.25) is 9.59 Å². The number of anilines is 1. The zero-order chi connectivity index (χ0) is 20.8. The van der Waals surface area contributed by atoms with Gasteiger partial charge in [0.1, 0.15) is 12.4 Å². The second kappa shape index (κ2) is 9.27. The molecular formula is C25H24N2O3. The second-order valence-electron chi connectivity index (χ2n) is 7.30. The van der Waals surface area contributed by atoms with E-state index in [1.165, 1.54) is 0 Å². The Morgan fingerprint density at radius 3 is 2.30 bits per heavy atom. The van der Waals surface area contributed by atoms with Crippen molar-refractivity contribution in [1.29, 1.82) is 0 Å². The molecule has 0 atom stereocenters. The van der Waals surface area contributed by atoms with Crippen LogP contribution in [-0.2, 0) is 17.9 Å². The van der Waals surface area contributed by atoms with Crippen LogP contribution in [0.1, 0.15) is 34.3 Å². The third kappa shape index (κ3) is 4.87. The van der Waals surface area contributed by atoms with Crippen LogP contribution in [0.5, 0.6) is 5.75 Å². The predicted octanol–water partition coefficient (Wildman–Crippen LogP) is 4.32. The smallest absolute Gasteiger partial charge is 0.251 e. The molecule has 0 spiro atoms. The number of hydrogen-bond acceptors (Lipinski definition) is 3. The van der Waals surface area contributed by atoms with Gasteiger partial charge in [0, 0.05) is 30.8 Å². The van der Waals surface area contributed by atoms with E-state index in [0.717, 1.165) is 35.5 Å². The van der Waals surface area contributed by atoms with Crippen LogP contribution in [0.25, 0.3) is 0 Å². The molecule has 1 aliphatic rings. The number of nitrogens with zero attached hydrogens (tertiary/aromatic N) is 1. The quantitative estimate of drug-likeness (QED) is 0.642. The van der Waals surface area contributed by atoms with Gasteiger partial charge in [-0.15, -0.1) is 0 Å². The highest BCUT2D eigenvalue weighted by atomic mass is 16.5. The third-order valence-corrected chi connectivity index (χ3v) is 5.14. The van der Waals surface area contributed by atoms with Crippen LogP contribution in [0.15, 0.2) is 78.9 Å². The number of carbonyl (C=O) groups excluding carboxylic acids is 2. The van der Waals surface area contributed by atoms with E-state index in [1.807, 2.05) is 59.5 Å². The first-order valence-corrected chi connectivity index (χ1v) is 10.1. The van der Waals surface area contributed by atoms with Gasteiger partial charge in [-0.2, -0.15) is 0 Å². The van der Waals surface area contributed by atoms with Crippen molar-refractivity contribution in [3.05, 3.63) is 95.6 Å². The van der Waals surface area contributed by atoms with Crippen molar-refractivity contribution in [1.82, 2.24) is 5.32 Å². The fourth-order valence-corrected chi connectivity index (χ4v) is 3.44. The summed E-state index contributed by atoms with van der Waals surface area (Å²) >= 11 is 0. The van der Waals surface area contributed by atoms with Crippen LogP contribution >= 0.6 is 0 Å². The maximum atomic E-state index is 12.4. The standard InChI is InChI=1S/C25H24N2O3/c28-24-7-4-16-27(24)22-12-8-19(9-13-22)17-26-25(29)21-10-14-23(15-11-21)30-18-20-5-2-1-3-6-20/h1-3,5-6,8-15H,4,7,16-18H2,(H,26,29). The largest absolute Gasteiger partial charge is 0.489 e. The summed E-state index contributed by atoms with van der Waals surface area (Å²) in [5, 5.41) is 2.93. The van der Waals surface area contributed by atoms with E-state index in [9.17, 15) is 9.59 Å². The van der Waals surface area contributed by atoms with Crippen molar-refractivity contribution in [2.45, 2.75) is 26.0 Å². The maximum Gasteiger partial charge on any atom is 0.251 e. The Hall–Kier alpha value is -3.60. The second-order valence-corrected chi connectivity index (χ2v) is 7.30. The molecule has 0 bridgehead atoms.